The first-order valence-electron chi connectivity index (χ1n) is 4.54. The van der Waals surface area contributed by atoms with Gasteiger partial charge in [-0.1, -0.05) is 0 Å². The molecule has 0 saturated carbocycles. The molecule has 3 N–H and O–H groups in total. The smallest absolute Gasteiger partial charge is 0.351 e. The molecule has 88 valence electrons. The van der Waals surface area contributed by atoms with Crippen LogP contribution in [0.4, 0.5) is 10.2 Å². The van der Waals surface area contributed by atoms with Crippen LogP contribution in [0.3, 0.4) is 0 Å². The minimum Gasteiger partial charge on any atom is -0.391 e. The fourth-order valence-corrected chi connectivity index (χ4v) is 1.35. The van der Waals surface area contributed by atoms with Gasteiger partial charge in [-0.15, -0.1) is 0 Å². The molecule has 2 atom stereocenters. The molecular formula is C8H10FN3O4. The number of hydrogen-bond donors (Lipinski definition) is 2. The van der Waals surface area contributed by atoms with Crippen LogP contribution in [0.2, 0.25) is 0 Å². The molecule has 2 heterocycles. The number of nitrogen functional groups attached to an aromatic ring is 1. The van der Waals surface area contributed by atoms with Crippen molar-refractivity contribution in [2.45, 2.75) is 12.5 Å². The van der Waals surface area contributed by atoms with Gasteiger partial charge in [0.25, 0.3) is 0 Å². The van der Waals surface area contributed by atoms with Gasteiger partial charge in [0.1, 0.15) is 0 Å². The van der Waals surface area contributed by atoms with Crippen molar-refractivity contribution in [1.29, 1.82) is 0 Å². The predicted octanol–water partition coefficient (Wildman–Crippen LogP) is -1.17. The summed E-state index contributed by atoms with van der Waals surface area (Å²) in [4.78, 5) is 14.7. The lowest BCUT2D eigenvalue weighted by Gasteiger charge is -2.12. The quantitative estimate of drug-likeness (QED) is 0.665. The van der Waals surface area contributed by atoms with E-state index in [-0.39, 0.29) is 13.2 Å². The van der Waals surface area contributed by atoms with Crippen molar-refractivity contribution in [3.63, 3.8) is 0 Å². The molecule has 0 amide bonds. The number of ether oxygens (including phenoxy) is 2. The molecule has 8 heteroatoms. The second kappa shape index (κ2) is 4.16. The first-order valence-corrected chi connectivity index (χ1v) is 4.54. The minimum atomic E-state index is -0.810. The predicted molar refractivity (Wildman–Crippen MR) is 49.8 cm³/mol. The second-order valence-electron chi connectivity index (χ2n) is 3.20. The Morgan fingerprint density at radius 2 is 2.50 bits per heavy atom. The number of anilines is 1. The van der Waals surface area contributed by atoms with Gasteiger partial charge in [-0.25, -0.2) is 9.18 Å². The maximum absolute atomic E-state index is 13.1. The number of rotatable bonds is 2. The molecule has 2 rings (SSSR count). The van der Waals surface area contributed by atoms with Crippen molar-refractivity contribution in [2.75, 3.05) is 18.9 Å². The second-order valence-corrected chi connectivity index (χ2v) is 3.20. The molecule has 0 spiro atoms. The molecule has 1 aromatic rings. The van der Waals surface area contributed by atoms with Gasteiger partial charge >= 0.3 is 5.69 Å². The van der Waals surface area contributed by atoms with Crippen molar-refractivity contribution in [3.05, 3.63) is 22.5 Å². The van der Waals surface area contributed by atoms with E-state index in [0.29, 0.717) is 0 Å². The zero-order chi connectivity index (χ0) is 11.7. The minimum absolute atomic E-state index is 0.0379. The van der Waals surface area contributed by atoms with E-state index in [1.807, 2.05) is 0 Å². The van der Waals surface area contributed by atoms with E-state index in [2.05, 4.69) is 4.98 Å². The van der Waals surface area contributed by atoms with Gasteiger partial charge in [0, 0.05) is 0 Å². The Hall–Kier alpha value is -1.51. The fraction of sp³-hybridized carbons (Fsp3) is 0.500. The van der Waals surface area contributed by atoms with Crippen LogP contribution in [0.1, 0.15) is 6.23 Å². The van der Waals surface area contributed by atoms with Gasteiger partial charge in [-0.2, -0.15) is 4.98 Å². The molecule has 16 heavy (non-hydrogen) atoms. The van der Waals surface area contributed by atoms with E-state index in [9.17, 15) is 9.18 Å². The van der Waals surface area contributed by atoms with E-state index in [1.165, 1.54) is 0 Å². The molecule has 1 aromatic heterocycles. The number of aromatic nitrogens is 2. The van der Waals surface area contributed by atoms with Gasteiger partial charge in [-0.3, -0.25) is 4.57 Å². The summed E-state index contributed by atoms with van der Waals surface area (Å²) in [5.41, 5.74) is 4.40. The summed E-state index contributed by atoms with van der Waals surface area (Å²) in [7, 11) is 0. The van der Waals surface area contributed by atoms with Crippen LogP contribution in [-0.2, 0) is 9.47 Å². The standard InChI is InChI=1S/C8H10FN3O4/c9-4-1-12(8(14)11-7(4)10)5-3-15-6(2-13)16-5/h1,5-6,13H,2-3H2,(H2,10,11,14)/t5-,6-/m0/s1. The van der Waals surface area contributed by atoms with Crippen molar-refractivity contribution in [3.8, 4) is 0 Å². The van der Waals surface area contributed by atoms with E-state index in [1.54, 1.807) is 0 Å². The fourth-order valence-electron chi connectivity index (χ4n) is 1.35. The Morgan fingerprint density at radius 1 is 1.75 bits per heavy atom. The number of hydrogen-bond acceptors (Lipinski definition) is 6. The lowest BCUT2D eigenvalue weighted by atomic mass is 10.5. The Bertz CT molecular complexity index is 449. The summed E-state index contributed by atoms with van der Waals surface area (Å²) in [6.07, 6.45) is -0.705. The number of nitrogens with zero attached hydrogens (tertiary/aromatic N) is 2. The first-order chi connectivity index (χ1) is 7.61. The number of aliphatic hydroxyl groups excluding tert-OH is 1. The summed E-state index contributed by atoms with van der Waals surface area (Å²) in [5, 5.41) is 8.75. The number of nitrogens with two attached hydrogens (primary N) is 1. The van der Waals surface area contributed by atoms with Gasteiger partial charge in [0.05, 0.1) is 19.4 Å². The summed E-state index contributed by atoms with van der Waals surface area (Å²) in [5.74, 6) is -1.27. The molecule has 0 aromatic carbocycles. The maximum Gasteiger partial charge on any atom is 0.351 e. The largest absolute Gasteiger partial charge is 0.391 e. The highest BCUT2D eigenvalue weighted by atomic mass is 19.1. The topological polar surface area (TPSA) is 99.6 Å². The number of halogens is 1. The molecule has 0 bridgehead atoms. The van der Waals surface area contributed by atoms with Crippen LogP contribution in [0.15, 0.2) is 11.0 Å². The molecule has 7 nitrogen and oxygen atoms in total. The molecular weight excluding hydrogens is 221 g/mol. The SMILES string of the molecule is Nc1nc(=O)n([C@@H]2CO[C@H](CO)O2)cc1F. The Morgan fingerprint density at radius 3 is 3.12 bits per heavy atom. The van der Waals surface area contributed by atoms with E-state index < -0.39 is 29.8 Å². The molecule has 1 saturated heterocycles. The number of aliphatic hydroxyl groups is 1. The lowest BCUT2D eigenvalue weighted by molar-refractivity contribution is -0.0993. The van der Waals surface area contributed by atoms with Gasteiger partial charge in [0.15, 0.2) is 24.2 Å². The van der Waals surface area contributed by atoms with Crippen LogP contribution in [0, 0.1) is 5.82 Å². The third-order valence-corrected chi connectivity index (χ3v) is 2.13. The zero-order valence-corrected chi connectivity index (χ0v) is 8.17. The average molecular weight is 231 g/mol. The third-order valence-electron chi connectivity index (χ3n) is 2.13. The molecule has 0 unspecified atom stereocenters. The van der Waals surface area contributed by atoms with E-state index in [0.717, 1.165) is 10.8 Å². The van der Waals surface area contributed by atoms with Crippen LogP contribution >= 0.6 is 0 Å². The molecule has 1 aliphatic rings. The first kappa shape index (κ1) is 11.0. The molecule has 0 radical (unpaired) electrons. The van der Waals surface area contributed by atoms with E-state index >= 15 is 0 Å². The Labute approximate surface area is 89.2 Å². The van der Waals surface area contributed by atoms with Gasteiger partial charge in [0.2, 0.25) is 0 Å². The van der Waals surface area contributed by atoms with Gasteiger partial charge < -0.3 is 20.3 Å². The molecule has 0 aliphatic carbocycles. The normalized spacial score (nSPS) is 24.9. The summed E-state index contributed by atoms with van der Waals surface area (Å²) >= 11 is 0. The summed E-state index contributed by atoms with van der Waals surface area (Å²) < 4.78 is 24.1. The highest BCUT2D eigenvalue weighted by molar-refractivity contribution is 5.26. The summed E-state index contributed by atoms with van der Waals surface area (Å²) in [6.45, 7) is -0.299. The summed E-state index contributed by atoms with van der Waals surface area (Å²) in [6, 6.07) is 0. The zero-order valence-electron chi connectivity index (χ0n) is 8.17. The average Bonchev–Trinajstić information content (AvgIpc) is 2.71. The van der Waals surface area contributed by atoms with Crippen molar-refractivity contribution < 1.29 is 19.0 Å². The van der Waals surface area contributed by atoms with Crippen LogP contribution < -0.4 is 11.4 Å². The van der Waals surface area contributed by atoms with Gasteiger partial charge in [-0.05, 0) is 0 Å². The van der Waals surface area contributed by atoms with Crippen molar-refractivity contribution in [1.82, 2.24) is 9.55 Å². The van der Waals surface area contributed by atoms with Crippen LogP contribution in [-0.4, -0.2) is 34.2 Å². The highest BCUT2D eigenvalue weighted by Crippen LogP contribution is 2.19. The third kappa shape index (κ3) is 1.90. The maximum atomic E-state index is 13.1. The lowest BCUT2D eigenvalue weighted by Crippen LogP contribution is -2.29. The monoisotopic (exact) mass is 231 g/mol. The molecule has 1 fully saturated rings. The van der Waals surface area contributed by atoms with Crippen molar-refractivity contribution >= 4 is 5.82 Å². The molecule has 1 aliphatic heterocycles. The highest BCUT2D eigenvalue weighted by Gasteiger charge is 2.28. The Balaban J connectivity index is 2.28. The van der Waals surface area contributed by atoms with Crippen molar-refractivity contribution in [2.24, 2.45) is 0 Å². The van der Waals surface area contributed by atoms with Crippen LogP contribution in [0.25, 0.3) is 0 Å². The Kier molecular flexibility index (Phi) is 2.86. The van der Waals surface area contributed by atoms with E-state index in [4.69, 9.17) is 20.3 Å². The van der Waals surface area contributed by atoms with Crippen LogP contribution in [0.5, 0.6) is 0 Å².